The van der Waals surface area contributed by atoms with E-state index >= 15 is 0 Å². The molecule has 2 aromatic carbocycles. The van der Waals surface area contributed by atoms with E-state index in [1.54, 1.807) is 22.9 Å². The molecule has 0 aliphatic carbocycles. The van der Waals surface area contributed by atoms with Crippen molar-refractivity contribution in [3.8, 4) is 11.4 Å². The Bertz CT molecular complexity index is 982. The van der Waals surface area contributed by atoms with Crippen molar-refractivity contribution in [1.82, 2.24) is 14.3 Å². The molecule has 0 radical (unpaired) electrons. The van der Waals surface area contributed by atoms with Gasteiger partial charge in [0.2, 0.25) is 4.77 Å². The molecule has 0 saturated heterocycles. The summed E-state index contributed by atoms with van der Waals surface area (Å²) in [5, 5.41) is 5.70. The molecule has 0 aliphatic heterocycles. The van der Waals surface area contributed by atoms with Crippen LogP contribution in [0.3, 0.4) is 0 Å². The van der Waals surface area contributed by atoms with E-state index in [-0.39, 0.29) is 5.82 Å². The van der Waals surface area contributed by atoms with Crippen LogP contribution < -0.4 is 4.90 Å². The predicted octanol–water partition coefficient (Wildman–Crippen LogP) is 3.74. The Morgan fingerprint density at radius 1 is 1.12 bits per heavy atom. The summed E-state index contributed by atoms with van der Waals surface area (Å²) < 4.78 is 17.4. The van der Waals surface area contributed by atoms with Crippen molar-refractivity contribution in [2.75, 3.05) is 7.05 Å². The topological polar surface area (TPSA) is 27.2 Å². The molecule has 0 saturated carbocycles. The van der Waals surface area contributed by atoms with Crippen molar-refractivity contribution in [2.45, 2.75) is 13.2 Å². The monoisotopic (exact) mass is 411 g/mol. The highest BCUT2D eigenvalue weighted by Crippen LogP contribution is 2.22. The van der Waals surface area contributed by atoms with Crippen LogP contribution >= 0.6 is 35.4 Å². The Labute approximate surface area is 166 Å². The quantitative estimate of drug-likeness (QED) is 0.647. The molecule has 3 rings (SSSR count). The zero-order valence-corrected chi connectivity index (χ0v) is 16.7. The van der Waals surface area contributed by atoms with Crippen molar-refractivity contribution in [3.63, 3.8) is 0 Å². The molecule has 0 spiro atoms. The number of hydrogen-bond acceptors (Lipinski definition) is 2. The molecule has 3 aromatic rings. The molecule has 4 nitrogen and oxygen atoms in total. The summed E-state index contributed by atoms with van der Waals surface area (Å²) in [6.45, 7) is 1.34. The molecule has 1 heterocycles. The van der Waals surface area contributed by atoms with Gasteiger partial charge in [-0.2, -0.15) is 4.68 Å². The summed E-state index contributed by atoms with van der Waals surface area (Å²) in [5.41, 5.74) is 1.90. The van der Waals surface area contributed by atoms with E-state index in [2.05, 4.69) is 12.1 Å². The Balaban J connectivity index is 1.79. The van der Waals surface area contributed by atoms with Crippen LogP contribution in [0.15, 0.2) is 42.5 Å². The molecule has 1 atom stereocenters. The van der Waals surface area contributed by atoms with Crippen molar-refractivity contribution in [1.29, 1.82) is 0 Å². The molecule has 0 fully saturated rings. The van der Waals surface area contributed by atoms with E-state index < -0.39 is 0 Å². The summed E-state index contributed by atoms with van der Waals surface area (Å²) in [6.07, 6.45) is 0. The molecule has 26 heavy (non-hydrogen) atoms. The predicted molar refractivity (Wildman–Crippen MR) is 104 cm³/mol. The first kappa shape index (κ1) is 19.0. The summed E-state index contributed by atoms with van der Waals surface area (Å²) >= 11 is 17.5. The van der Waals surface area contributed by atoms with Crippen molar-refractivity contribution >= 4 is 35.4 Å². The Morgan fingerprint density at radius 3 is 2.46 bits per heavy atom. The fourth-order valence-corrected chi connectivity index (χ4v) is 3.26. The normalized spacial score (nSPS) is 12.3. The average Bonchev–Trinajstić information content (AvgIpc) is 2.87. The number of hydrogen-bond donors (Lipinski definition) is 1. The van der Waals surface area contributed by atoms with E-state index in [4.69, 9.17) is 35.4 Å². The minimum absolute atomic E-state index is 0.278. The van der Waals surface area contributed by atoms with Crippen molar-refractivity contribution in [3.05, 3.63) is 68.7 Å². The number of nitrogens with zero attached hydrogens (tertiary/aromatic N) is 3. The molecule has 0 aliphatic rings. The molecule has 0 amide bonds. The minimum atomic E-state index is -0.278. The van der Waals surface area contributed by atoms with E-state index in [1.165, 1.54) is 17.0 Å². The largest absolute Gasteiger partial charge is 0.315 e. The first-order chi connectivity index (χ1) is 12.3. The van der Waals surface area contributed by atoms with Crippen molar-refractivity contribution < 1.29 is 9.29 Å². The Morgan fingerprint density at radius 2 is 1.81 bits per heavy atom. The van der Waals surface area contributed by atoms with Crippen LogP contribution in [-0.4, -0.2) is 21.4 Å². The third-order valence-electron chi connectivity index (χ3n) is 4.05. The lowest BCUT2D eigenvalue weighted by molar-refractivity contribution is -0.917. The van der Waals surface area contributed by atoms with E-state index in [0.717, 1.165) is 17.7 Å². The van der Waals surface area contributed by atoms with Crippen LogP contribution in [0.1, 0.15) is 5.56 Å². The number of benzene rings is 2. The lowest BCUT2D eigenvalue weighted by Gasteiger charge is -2.14. The van der Waals surface area contributed by atoms with E-state index in [9.17, 15) is 4.39 Å². The Hall–Kier alpha value is -1.73. The smallest absolute Gasteiger partial charge is 0.202 e. The van der Waals surface area contributed by atoms with Crippen molar-refractivity contribution in [2.24, 2.45) is 7.05 Å². The third kappa shape index (κ3) is 4.15. The first-order valence-electron chi connectivity index (χ1n) is 8.00. The van der Waals surface area contributed by atoms with Gasteiger partial charge in [-0.3, -0.25) is 0 Å². The molecule has 136 valence electrons. The van der Waals surface area contributed by atoms with Crippen LogP contribution in [0.5, 0.6) is 0 Å². The third-order valence-corrected chi connectivity index (χ3v) is 5.28. The second-order valence-corrected chi connectivity index (χ2v) is 7.39. The zero-order chi connectivity index (χ0) is 18.8. The highest BCUT2D eigenvalue weighted by molar-refractivity contribution is 7.71. The second kappa shape index (κ2) is 7.88. The maximum Gasteiger partial charge on any atom is 0.202 e. The molecule has 1 aromatic heterocycles. The fourth-order valence-electron chi connectivity index (χ4n) is 2.75. The molecular weight excluding hydrogens is 394 g/mol. The maximum absolute atomic E-state index is 13.1. The second-order valence-electron chi connectivity index (χ2n) is 6.21. The zero-order valence-electron chi connectivity index (χ0n) is 14.3. The molecule has 8 heteroatoms. The van der Waals surface area contributed by atoms with E-state index in [1.807, 2.05) is 23.7 Å². The Kier molecular flexibility index (Phi) is 5.77. The van der Waals surface area contributed by atoms with Gasteiger partial charge in [-0.15, -0.1) is 5.10 Å². The van der Waals surface area contributed by atoms with Gasteiger partial charge < -0.3 is 9.47 Å². The standard InChI is InChI=1S/C18H17Cl2FN4S/c1-23(10-12-3-8-15(19)16(20)9-12)11-25-18(26)24(2)17(22-25)13-4-6-14(21)7-5-13/h3-9H,10-11H2,1-2H3/p+1. The van der Waals surface area contributed by atoms with Gasteiger partial charge in [-0.05, 0) is 48.6 Å². The highest BCUT2D eigenvalue weighted by Gasteiger charge is 2.13. The summed E-state index contributed by atoms with van der Waals surface area (Å²) in [5.74, 6) is 0.428. The van der Waals surface area contributed by atoms with Crippen LogP contribution in [0.25, 0.3) is 11.4 Å². The van der Waals surface area contributed by atoms with Gasteiger partial charge in [-0.25, -0.2) is 4.39 Å². The number of aromatic nitrogens is 3. The lowest BCUT2D eigenvalue weighted by atomic mass is 10.2. The van der Waals surface area contributed by atoms with Crippen LogP contribution in [0.2, 0.25) is 10.0 Å². The van der Waals surface area contributed by atoms with Gasteiger partial charge in [-0.1, -0.05) is 29.3 Å². The number of halogens is 3. The van der Waals surface area contributed by atoms with Gasteiger partial charge >= 0.3 is 0 Å². The number of rotatable bonds is 5. The summed E-state index contributed by atoms with van der Waals surface area (Å²) in [4.78, 5) is 1.18. The van der Waals surface area contributed by atoms with Gasteiger partial charge in [0.05, 0.1) is 17.1 Å². The van der Waals surface area contributed by atoms with Gasteiger partial charge in [0.25, 0.3) is 0 Å². The molecule has 1 unspecified atom stereocenters. The molecule has 1 N–H and O–H groups in total. The maximum atomic E-state index is 13.1. The van der Waals surface area contributed by atoms with Gasteiger partial charge in [0.15, 0.2) is 12.5 Å². The van der Waals surface area contributed by atoms with Gasteiger partial charge in [0.1, 0.15) is 12.4 Å². The van der Waals surface area contributed by atoms with Crippen LogP contribution in [0.4, 0.5) is 4.39 Å². The number of quaternary nitrogens is 1. The van der Waals surface area contributed by atoms with Crippen LogP contribution in [0, 0.1) is 10.6 Å². The first-order valence-corrected chi connectivity index (χ1v) is 9.16. The van der Waals surface area contributed by atoms with Gasteiger partial charge in [0, 0.05) is 18.2 Å². The summed E-state index contributed by atoms with van der Waals surface area (Å²) in [6, 6.07) is 11.9. The lowest BCUT2D eigenvalue weighted by Crippen LogP contribution is -3.07. The minimum Gasteiger partial charge on any atom is -0.315 e. The van der Waals surface area contributed by atoms with E-state index in [0.29, 0.717) is 27.3 Å². The average molecular weight is 412 g/mol. The summed E-state index contributed by atoms with van der Waals surface area (Å²) in [7, 11) is 3.91. The SMILES string of the molecule is Cn1c(-c2ccc(F)cc2)nn(C[NH+](C)Cc2ccc(Cl)c(Cl)c2)c1=S. The van der Waals surface area contributed by atoms with Crippen LogP contribution in [-0.2, 0) is 20.3 Å². The molecular formula is C18H18Cl2FN4S+. The highest BCUT2D eigenvalue weighted by atomic mass is 35.5. The fraction of sp³-hybridized carbons (Fsp3) is 0.222. The number of nitrogens with one attached hydrogen (secondary N) is 1. The molecule has 0 bridgehead atoms.